The minimum absolute atomic E-state index is 0.206. The van der Waals surface area contributed by atoms with Crippen molar-refractivity contribution in [3.05, 3.63) is 30.1 Å². The summed E-state index contributed by atoms with van der Waals surface area (Å²) in [5.74, 6) is -0.718. The van der Waals surface area contributed by atoms with Crippen LogP contribution >= 0.6 is 0 Å². The molecule has 1 aromatic carbocycles. The summed E-state index contributed by atoms with van der Waals surface area (Å²) in [7, 11) is -3.89. The molecule has 0 radical (unpaired) electrons. The highest BCUT2D eigenvalue weighted by Gasteiger charge is 2.45. The van der Waals surface area contributed by atoms with E-state index in [0.717, 1.165) is 38.8 Å². The van der Waals surface area contributed by atoms with E-state index in [0.29, 0.717) is 13.2 Å². The van der Waals surface area contributed by atoms with Crippen LogP contribution in [0.5, 0.6) is 0 Å². The maximum Gasteiger partial charge on any atom is 0.243 e. The van der Waals surface area contributed by atoms with Gasteiger partial charge in [0.2, 0.25) is 10.0 Å². The lowest BCUT2D eigenvalue weighted by molar-refractivity contribution is -0.0304. The number of morpholine rings is 1. The van der Waals surface area contributed by atoms with Gasteiger partial charge in [-0.25, -0.2) is 17.5 Å². The molecule has 1 aliphatic heterocycles. The zero-order chi connectivity index (χ0) is 17.2. The number of rotatable bonds is 5. The SMILES string of the molecule is C[C@@H](NS(=O)(=O)c1ccccc1F)C1(N2CCOCC2)CCCC1. The number of hydrogen-bond acceptors (Lipinski definition) is 4. The molecule has 2 aliphatic rings. The summed E-state index contributed by atoms with van der Waals surface area (Å²) in [5.41, 5.74) is -0.206. The predicted molar refractivity (Wildman–Crippen MR) is 89.8 cm³/mol. The number of nitrogens with one attached hydrogen (secondary N) is 1. The second kappa shape index (κ2) is 7.07. The van der Waals surface area contributed by atoms with Crippen molar-refractivity contribution in [2.24, 2.45) is 0 Å². The van der Waals surface area contributed by atoms with Crippen molar-refractivity contribution in [2.75, 3.05) is 26.3 Å². The first-order valence-electron chi connectivity index (χ1n) is 8.55. The van der Waals surface area contributed by atoms with Gasteiger partial charge in [-0.1, -0.05) is 25.0 Å². The van der Waals surface area contributed by atoms with E-state index < -0.39 is 15.8 Å². The first kappa shape index (κ1) is 17.8. The van der Waals surface area contributed by atoms with Gasteiger partial charge in [-0.05, 0) is 31.9 Å². The maximum absolute atomic E-state index is 13.9. The lowest BCUT2D eigenvalue weighted by atomic mass is 9.87. The third-order valence-electron chi connectivity index (χ3n) is 5.37. The molecule has 0 amide bonds. The molecule has 5 nitrogen and oxygen atoms in total. The molecule has 134 valence electrons. The molecule has 1 N–H and O–H groups in total. The Morgan fingerprint density at radius 1 is 1.21 bits per heavy atom. The Hall–Kier alpha value is -1.02. The normalized spacial score (nSPS) is 23.2. The monoisotopic (exact) mass is 356 g/mol. The summed E-state index contributed by atoms with van der Waals surface area (Å²) in [5, 5.41) is 0. The zero-order valence-electron chi connectivity index (χ0n) is 14.0. The maximum atomic E-state index is 13.9. The van der Waals surface area contributed by atoms with Gasteiger partial charge >= 0.3 is 0 Å². The molecular weight excluding hydrogens is 331 g/mol. The molecule has 0 unspecified atom stereocenters. The highest BCUT2D eigenvalue weighted by molar-refractivity contribution is 7.89. The molecule has 1 saturated carbocycles. The molecule has 1 saturated heterocycles. The third-order valence-corrected chi connectivity index (χ3v) is 6.95. The highest BCUT2D eigenvalue weighted by Crippen LogP contribution is 2.39. The van der Waals surface area contributed by atoms with E-state index in [9.17, 15) is 12.8 Å². The van der Waals surface area contributed by atoms with Crippen LogP contribution in [0.25, 0.3) is 0 Å². The summed E-state index contributed by atoms with van der Waals surface area (Å²) < 4.78 is 47.4. The van der Waals surface area contributed by atoms with Gasteiger partial charge in [0.15, 0.2) is 0 Å². The van der Waals surface area contributed by atoms with Crippen LogP contribution in [-0.2, 0) is 14.8 Å². The second-order valence-corrected chi connectivity index (χ2v) is 8.37. The van der Waals surface area contributed by atoms with Crippen molar-refractivity contribution in [1.29, 1.82) is 0 Å². The quantitative estimate of drug-likeness (QED) is 0.878. The van der Waals surface area contributed by atoms with Crippen molar-refractivity contribution in [1.82, 2.24) is 9.62 Å². The van der Waals surface area contributed by atoms with E-state index in [4.69, 9.17) is 4.74 Å². The molecule has 1 aromatic rings. The smallest absolute Gasteiger partial charge is 0.243 e. The van der Waals surface area contributed by atoms with Crippen LogP contribution in [0, 0.1) is 5.82 Å². The van der Waals surface area contributed by atoms with Gasteiger partial charge in [0, 0.05) is 24.7 Å². The molecule has 2 fully saturated rings. The number of benzene rings is 1. The second-order valence-electron chi connectivity index (χ2n) is 6.68. The minimum atomic E-state index is -3.89. The van der Waals surface area contributed by atoms with Crippen molar-refractivity contribution < 1.29 is 17.5 Å². The molecule has 0 bridgehead atoms. The molecule has 1 heterocycles. The summed E-state index contributed by atoms with van der Waals surface area (Å²) in [6.45, 7) is 4.87. The Morgan fingerprint density at radius 3 is 2.46 bits per heavy atom. The largest absolute Gasteiger partial charge is 0.379 e. The number of hydrogen-bond donors (Lipinski definition) is 1. The number of halogens is 1. The van der Waals surface area contributed by atoms with E-state index in [-0.39, 0.29) is 16.5 Å². The van der Waals surface area contributed by atoms with Crippen LogP contribution in [0.1, 0.15) is 32.6 Å². The molecule has 1 atom stereocenters. The Balaban J connectivity index is 1.83. The summed E-state index contributed by atoms with van der Waals surface area (Å²) in [6.07, 6.45) is 4.08. The van der Waals surface area contributed by atoms with Gasteiger partial charge in [-0.15, -0.1) is 0 Å². The molecule has 0 spiro atoms. The summed E-state index contributed by atoms with van der Waals surface area (Å²) in [6, 6.07) is 5.22. The molecule has 3 rings (SSSR count). The fourth-order valence-corrected chi connectivity index (χ4v) is 5.48. The summed E-state index contributed by atoms with van der Waals surface area (Å²) in [4.78, 5) is 2.07. The fourth-order valence-electron chi connectivity index (χ4n) is 4.09. The molecule has 7 heteroatoms. The molecule has 24 heavy (non-hydrogen) atoms. The van der Waals surface area contributed by atoms with Gasteiger partial charge in [0.05, 0.1) is 13.2 Å². The summed E-state index contributed by atoms with van der Waals surface area (Å²) >= 11 is 0. The van der Waals surface area contributed by atoms with Crippen molar-refractivity contribution in [3.8, 4) is 0 Å². The lowest BCUT2D eigenvalue weighted by Crippen LogP contribution is -2.62. The topological polar surface area (TPSA) is 58.6 Å². The first-order chi connectivity index (χ1) is 11.5. The standard InChI is InChI=1S/C17H25FN2O3S/c1-14(19-24(21,22)16-7-3-2-6-15(16)18)17(8-4-5-9-17)20-10-12-23-13-11-20/h2-3,6-7,14,19H,4-5,8-13H2,1H3/t14-/m1/s1. The Bertz CT molecular complexity index is 668. The van der Waals surface area contributed by atoms with Crippen LogP contribution in [0.3, 0.4) is 0 Å². The Labute approximate surface area is 143 Å². The Kier molecular flexibility index (Phi) is 5.24. The minimum Gasteiger partial charge on any atom is -0.379 e. The van der Waals surface area contributed by atoms with E-state index in [2.05, 4.69) is 9.62 Å². The molecule has 1 aliphatic carbocycles. The zero-order valence-corrected chi connectivity index (χ0v) is 14.8. The number of nitrogens with zero attached hydrogens (tertiary/aromatic N) is 1. The first-order valence-corrected chi connectivity index (χ1v) is 10.0. The third kappa shape index (κ3) is 3.35. The molecular formula is C17H25FN2O3S. The van der Waals surface area contributed by atoms with Crippen LogP contribution in [0.15, 0.2) is 29.2 Å². The van der Waals surface area contributed by atoms with E-state index in [1.165, 1.54) is 24.3 Å². The fraction of sp³-hybridized carbons (Fsp3) is 0.647. The molecule has 0 aromatic heterocycles. The van der Waals surface area contributed by atoms with Crippen molar-refractivity contribution in [3.63, 3.8) is 0 Å². The highest BCUT2D eigenvalue weighted by atomic mass is 32.2. The van der Waals surface area contributed by atoms with Crippen molar-refractivity contribution in [2.45, 2.75) is 49.1 Å². The van der Waals surface area contributed by atoms with Crippen LogP contribution in [0.2, 0.25) is 0 Å². The average molecular weight is 356 g/mol. The van der Waals surface area contributed by atoms with Gasteiger partial charge in [-0.3, -0.25) is 4.90 Å². The Morgan fingerprint density at radius 2 is 1.83 bits per heavy atom. The van der Waals surface area contributed by atoms with E-state index >= 15 is 0 Å². The van der Waals surface area contributed by atoms with Gasteiger partial charge in [0.1, 0.15) is 10.7 Å². The van der Waals surface area contributed by atoms with Crippen LogP contribution in [-0.4, -0.2) is 51.2 Å². The lowest BCUT2D eigenvalue weighted by Gasteiger charge is -2.47. The van der Waals surface area contributed by atoms with E-state index in [1.54, 1.807) is 0 Å². The van der Waals surface area contributed by atoms with Gasteiger partial charge in [0.25, 0.3) is 0 Å². The van der Waals surface area contributed by atoms with Crippen LogP contribution in [0.4, 0.5) is 4.39 Å². The number of ether oxygens (including phenoxy) is 1. The van der Waals surface area contributed by atoms with Gasteiger partial charge in [-0.2, -0.15) is 0 Å². The van der Waals surface area contributed by atoms with Crippen LogP contribution < -0.4 is 4.72 Å². The number of sulfonamides is 1. The van der Waals surface area contributed by atoms with Gasteiger partial charge < -0.3 is 4.74 Å². The van der Waals surface area contributed by atoms with Crippen molar-refractivity contribution >= 4 is 10.0 Å². The van der Waals surface area contributed by atoms with E-state index in [1.807, 2.05) is 6.92 Å². The predicted octanol–water partition coefficient (Wildman–Crippen LogP) is 2.14. The average Bonchev–Trinajstić information content (AvgIpc) is 3.06.